The molecule has 0 radical (unpaired) electrons. The summed E-state index contributed by atoms with van der Waals surface area (Å²) in [6, 6.07) is 6.56. The molecular weight excluding hydrogens is 588 g/mol. The summed E-state index contributed by atoms with van der Waals surface area (Å²) in [5.74, 6) is 0. The second-order valence-corrected chi connectivity index (χ2v) is 10.7. The Labute approximate surface area is 278 Å². The summed E-state index contributed by atoms with van der Waals surface area (Å²) in [5, 5.41) is -0.203. The van der Waals surface area contributed by atoms with Crippen LogP contribution in [0.2, 0.25) is 0 Å². The monoisotopic (exact) mass is 644 g/mol. The molecule has 0 saturated heterocycles. The molecule has 1 heterocycles. The number of nitrogens with zero attached hydrogens (tertiary/aromatic N) is 4. The van der Waals surface area contributed by atoms with Gasteiger partial charge in [0.05, 0.1) is 28.3 Å². The number of anilines is 1. The van der Waals surface area contributed by atoms with Gasteiger partial charge < -0.3 is 9.64 Å². The number of alkyl halides is 1. The highest BCUT2D eigenvalue weighted by Gasteiger charge is 2.16. The molecular formula is C36H57ClN4O2S. The van der Waals surface area contributed by atoms with E-state index in [4.69, 9.17) is 16.3 Å². The van der Waals surface area contributed by atoms with Crippen LogP contribution < -0.4 is 10.5 Å². The molecule has 0 aliphatic heterocycles. The first-order valence-corrected chi connectivity index (χ1v) is 16.8. The van der Waals surface area contributed by atoms with Crippen molar-refractivity contribution in [3.8, 4) is 5.69 Å². The van der Waals surface area contributed by atoms with Gasteiger partial charge in [0.25, 0.3) is 5.56 Å². The second-order valence-electron chi connectivity index (χ2n) is 9.79. The predicted molar refractivity (Wildman–Crippen MR) is 197 cm³/mol. The smallest absolute Gasteiger partial charge is 0.271 e. The van der Waals surface area contributed by atoms with Gasteiger partial charge in [-0.05, 0) is 56.1 Å². The maximum absolute atomic E-state index is 13.2. The molecule has 0 spiro atoms. The van der Waals surface area contributed by atoms with Crippen molar-refractivity contribution >= 4 is 36.0 Å². The third kappa shape index (κ3) is 14.0. The van der Waals surface area contributed by atoms with Crippen LogP contribution in [0.1, 0.15) is 72.6 Å². The van der Waals surface area contributed by atoms with Crippen LogP contribution in [0.25, 0.3) is 11.8 Å². The third-order valence-electron chi connectivity index (χ3n) is 6.62. The van der Waals surface area contributed by atoms with Crippen molar-refractivity contribution in [3.63, 3.8) is 0 Å². The lowest BCUT2D eigenvalue weighted by Crippen LogP contribution is -2.41. The highest BCUT2D eigenvalue weighted by Crippen LogP contribution is 2.24. The molecule has 0 amide bonds. The summed E-state index contributed by atoms with van der Waals surface area (Å²) >= 11 is 10.5. The number of ether oxygens (including phenoxy) is 1. The summed E-state index contributed by atoms with van der Waals surface area (Å²) in [7, 11) is 3.89. The summed E-state index contributed by atoms with van der Waals surface area (Å²) < 4.78 is 6.95. The first-order valence-electron chi connectivity index (χ1n) is 15.9. The Morgan fingerprint density at radius 2 is 1.75 bits per heavy atom. The Bertz CT molecular complexity index is 1230. The fourth-order valence-corrected chi connectivity index (χ4v) is 4.76. The van der Waals surface area contributed by atoms with Crippen molar-refractivity contribution in [2.75, 3.05) is 45.3 Å². The van der Waals surface area contributed by atoms with E-state index in [1.165, 1.54) is 11.3 Å². The van der Waals surface area contributed by atoms with Gasteiger partial charge in [0.15, 0.2) is 0 Å². The summed E-state index contributed by atoms with van der Waals surface area (Å²) in [4.78, 5) is 22.8. The molecule has 0 aliphatic carbocycles. The molecule has 2 atom stereocenters. The van der Waals surface area contributed by atoms with Gasteiger partial charge >= 0.3 is 0 Å². The van der Waals surface area contributed by atoms with Crippen molar-refractivity contribution in [1.29, 1.82) is 0 Å². The number of likely N-dealkylation sites (N-methyl/N-ethyl adjacent to an activating group) is 1. The number of methoxy groups -OCH3 is 1. The third-order valence-corrected chi connectivity index (χ3v) is 7.36. The Morgan fingerprint density at radius 3 is 2.36 bits per heavy atom. The topological polar surface area (TPSA) is 50.6 Å². The standard InChI is InChI=1S/C32H45ClN4O2S.2C2H6/c1-7-14-26-22-28(17-18-30(26)35(5)20-21-36(19-8-2)25(4)23-39-6)37-24-34-29(31(40)32(37)38)16-13-11-10-12-15-27(33)9-3;2*1-2/h9-13,15-18,22,24-25,27,40H,3,7-8,14,19-21,23H2,1-2,4-6H3;2*1-2H3/b11-10+,15-12?,16-13+;;. The predicted octanol–water partition coefficient (Wildman–Crippen LogP) is 8.63. The van der Waals surface area contributed by atoms with E-state index in [9.17, 15) is 4.79 Å². The largest absolute Gasteiger partial charge is 0.383 e. The maximum atomic E-state index is 13.2. The minimum absolute atomic E-state index is 0.203. The van der Waals surface area contributed by atoms with Crippen LogP contribution >= 0.6 is 24.2 Å². The molecule has 6 nitrogen and oxygen atoms in total. The number of rotatable bonds is 17. The summed E-state index contributed by atoms with van der Waals surface area (Å²) in [5.41, 5.74) is 3.49. The molecule has 8 heteroatoms. The molecule has 2 aromatic rings. The van der Waals surface area contributed by atoms with Gasteiger partial charge in [-0.3, -0.25) is 14.3 Å². The minimum Gasteiger partial charge on any atom is -0.383 e. The Balaban J connectivity index is 0.00000443. The molecule has 0 aliphatic rings. The van der Waals surface area contributed by atoms with Crippen molar-refractivity contribution in [2.45, 2.75) is 84.0 Å². The molecule has 1 aromatic heterocycles. The van der Waals surface area contributed by atoms with Gasteiger partial charge in [-0.1, -0.05) is 84.4 Å². The van der Waals surface area contributed by atoms with E-state index in [0.717, 1.165) is 51.2 Å². The normalized spacial score (nSPS) is 12.6. The number of thiol groups is 1. The SMILES string of the molecule is C=CC(Cl)C=C/C=C/C=C/c1ncn(-c2ccc(N(C)CCN(CCC)C(C)COC)c(CCC)c2)c(=O)c1S.CC.CC. The first kappa shape index (κ1) is 41.4. The highest BCUT2D eigenvalue weighted by molar-refractivity contribution is 7.80. The first-order chi connectivity index (χ1) is 21.3. The Hall–Kier alpha value is -2.58. The fraction of sp³-hybridized carbons (Fsp3) is 0.500. The van der Waals surface area contributed by atoms with E-state index in [0.29, 0.717) is 16.6 Å². The van der Waals surface area contributed by atoms with Crippen LogP contribution in [-0.2, 0) is 11.2 Å². The average molecular weight is 645 g/mol. The number of halogens is 1. The van der Waals surface area contributed by atoms with Gasteiger partial charge in [-0.25, -0.2) is 4.98 Å². The molecule has 0 saturated carbocycles. The Kier molecular flexibility index (Phi) is 23.3. The lowest BCUT2D eigenvalue weighted by Gasteiger charge is -2.31. The molecule has 2 unspecified atom stereocenters. The van der Waals surface area contributed by atoms with Crippen molar-refractivity contribution in [3.05, 3.63) is 89.2 Å². The fourth-order valence-electron chi connectivity index (χ4n) is 4.44. The van der Waals surface area contributed by atoms with E-state index in [2.05, 4.69) is 73.9 Å². The molecule has 0 N–H and O–H groups in total. The minimum atomic E-state index is -0.205. The van der Waals surface area contributed by atoms with Crippen LogP contribution in [0.3, 0.4) is 0 Å². The van der Waals surface area contributed by atoms with Gasteiger partial charge in [0, 0.05) is 39.0 Å². The van der Waals surface area contributed by atoms with Crippen LogP contribution in [0, 0.1) is 0 Å². The second kappa shape index (κ2) is 24.7. The Morgan fingerprint density at radius 1 is 1.07 bits per heavy atom. The maximum Gasteiger partial charge on any atom is 0.271 e. The van der Waals surface area contributed by atoms with Gasteiger partial charge in [0.1, 0.15) is 6.33 Å². The van der Waals surface area contributed by atoms with E-state index in [1.807, 2.05) is 64.1 Å². The van der Waals surface area contributed by atoms with Crippen molar-refractivity contribution in [1.82, 2.24) is 14.5 Å². The van der Waals surface area contributed by atoms with E-state index in [1.54, 1.807) is 30.2 Å². The van der Waals surface area contributed by atoms with Crippen LogP contribution in [0.15, 0.2) is 77.3 Å². The number of aromatic nitrogens is 2. The summed E-state index contributed by atoms with van der Waals surface area (Å²) in [6.45, 7) is 21.9. The number of aryl methyl sites for hydroxylation is 1. The van der Waals surface area contributed by atoms with Crippen molar-refractivity contribution in [2.24, 2.45) is 0 Å². The van der Waals surface area contributed by atoms with Gasteiger partial charge in [-0.15, -0.1) is 30.8 Å². The molecule has 0 bridgehead atoms. The molecule has 246 valence electrons. The van der Waals surface area contributed by atoms with E-state index in [-0.39, 0.29) is 10.9 Å². The van der Waals surface area contributed by atoms with Crippen LogP contribution in [0.5, 0.6) is 0 Å². The van der Waals surface area contributed by atoms with Crippen LogP contribution in [-0.4, -0.2) is 66.3 Å². The number of hydrogen-bond donors (Lipinski definition) is 1. The van der Waals surface area contributed by atoms with Gasteiger partial charge in [-0.2, -0.15) is 0 Å². The molecule has 2 rings (SSSR count). The highest BCUT2D eigenvalue weighted by atomic mass is 35.5. The molecule has 1 aromatic carbocycles. The zero-order chi connectivity index (χ0) is 33.5. The number of hydrogen-bond acceptors (Lipinski definition) is 6. The quantitative estimate of drug-likeness (QED) is 0.0809. The lowest BCUT2D eigenvalue weighted by atomic mass is 10.1. The zero-order valence-corrected chi connectivity index (χ0v) is 30.2. The molecule has 0 fully saturated rings. The van der Waals surface area contributed by atoms with E-state index >= 15 is 0 Å². The number of allylic oxidation sites excluding steroid dienone is 6. The molecule has 44 heavy (non-hydrogen) atoms. The zero-order valence-electron chi connectivity index (χ0n) is 28.6. The van der Waals surface area contributed by atoms with Gasteiger partial charge in [0.2, 0.25) is 0 Å². The average Bonchev–Trinajstić information content (AvgIpc) is 3.04. The number of benzene rings is 1. The van der Waals surface area contributed by atoms with E-state index < -0.39 is 0 Å². The van der Waals surface area contributed by atoms with Crippen molar-refractivity contribution < 1.29 is 4.74 Å². The van der Waals surface area contributed by atoms with Crippen LogP contribution in [0.4, 0.5) is 5.69 Å². The lowest BCUT2D eigenvalue weighted by molar-refractivity contribution is 0.101. The summed E-state index contributed by atoms with van der Waals surface area (Å²) in [6.07, 6.45) is 17.2.